The van der Waals surface area contributed by atoms with Gasteiger partial charge in [-0.3, -0.25) is 4.79 Å². The SMILES string of the molecule is C=CCBr.C=CCOc1ccc(O)c(F)c1F.C=CCOc1cccc(F)c1F.O=CO[O-].Oc1cccc(F)c1F.[H-].[K+].[K+]. The quantitative estimate of drug-likeness (QED) is 0.0661. The Balaban J connectivity index is -0.000000155. The summed E-state index contributed by atoms with van der Waals surface area (Å²) in [5.41, 5.74) is 0. The third-order valence-corrected chi connectivity index (χ3v) is 4.19. The molecule has 0 unspecified atom stereocenters. The van der Waals surface area contributed by atoms with Crippen LogP contribution in [0.1, 0.15) is 1.43 Å². The predicted molar refractivity (Wildman–Crippen MR) is 146 cm³/mol. The van der Waals surface area contributed by atoms with Crippen molar-refractivity contribution in [2.75, 3.05) is 18.5 Å². The minimum atomic E-state index is -1.30. The molecule has 7 nitrogen and oxygen atoms in total. The van der Waals surface area contributed by atoms with E-state index >= 15 is 0 Å². The van der Waals surface area contributed by atoms with E-state index in [2.05, 4.69) is 40.6 Å². The van der Waals surface area contributed by atoms with E-state index in [-0.39, 0.29) is 135 Å². The Labute approximate surface area is 345 Å². The summed E-state index contributed by atoms with van der Waals surface area (Å²) in [6.07, 6.45) is 4.66. The Morgan fingerprint density at radius 1 is 0.705 bits per heavy atom. The van der Waals surface area contributed by atoms with Crippen molar-refractivity contribution in [2.45, 2.75) is 0 Å². The van der Waals surface area contributed by atoms with Crippen LogP contribution in [0.4, 0.5) is 26.3 Å². The minimum absolute atomic E-state index is 0. The van der Waals surface area contributed by atoms with Gasteiger partial charge in [-0.05, 0) is 36.4 Å². The Kier molecular flexibility index (Phi) is 35.9. The molecular weight excluding hydrogens is 720 g/mol. The molecular formula is C28H27BrF6K2O7. The van der Waals surface area contributed by atoms with Gasteiger partial charge in [0, 0.05) is 5.33 Å². The van der Waals surface area contributed by atoms with Gasteiger partial charge in [0.1, 0.15) is 13.2 Å². The number of carbonyl (C=O) groups is 1. The standard InChI is InChI=1S/C9H8F2O2.C9H8F2O.C6H4F2O.C3H5Br.CH2O3.2K.H/c1-2-5-13-7-4-3-6(12)8(10)9(7)11;1-2-6-12-8-5-3-4-7(10)9(8)11;7-4-2-1-3-5(9)6(4)8;1-2-3-4;2-1-4-3;;;/h2-4,12H,1,5H2;2-5H,1,6H2;1-3,9H;2H,1,3H2;1,3H;;;/q;;;;;2*+1;-1/p-1. The monoisotopic (exact) mass is 746 g/mol. The van der Waals surface area contributed by atoms with Crippen LogP contribution >= 0.6 is 15.9 Å². The molecule has 16 heteroatoms. The first-order valence-corrected chi connectivity index (χ1v) is 12.2. The van der Waals surface area contributed by atoms with Crippen molar-refractivity contribution in [2.24, 2.45) is 0 Å². The Hall–Kier alpha value is -1.16. The van der Waals surface area contributed by atoms with E-state index in [4.69, 9.17) is 29.7 Å². The zero-order valence-corrected chi connectivity index (χ0v) is 31.6. The second-order valence-corrected chi connectivity index (χ2v) is 7.32. The van der Waals surface area contributed by atoms with Crippen molar-refractivity contribution in [3.8, 4) is 23.0 Å². The average Bonchev–Trinajstić information content (AvgIpc) is 3.00. The summed E-state index contributed by atoms with van der Waals surface area (Å²) in [5, 5.41) is 26.6. The van der Waals surface area contributed by atoms with Gasteiger partial charge in [0.05, 0.1) is 0 Å². The van der Waals surface area contributed by atoms with E-state index < -0.39 is 46.4 Å². The van der Waals surface area contributed by atoms with E-state index in [1.807, 2.05) is 0 Å². The summed E-state index contributed by atoms with van der Waals surface area (Å²) in [6.45, 7) is 10.2. The molecule has 3 rings (SSSR count). The number of phenols is 2. The number of allylic oxidation sites excluding steroid dienone is 1. The number of aromatic hydroxyl groups is 2. The third-order valence-electron chi connectivity index (χ3n) is 3.74. The zero-order valence-electron chi connectivity index (χ0n) is 24.8. The van der Waals surface area contributed by atoms with Gasteiger partial charge in [0.25, 0.3) is 6.47 Å². The van der Waals surface area contributed by atoms with Crippen molar-refractivity contribution in [1.82, 2.24) is 0 Å². The van der Waals surface area contributed by atoms with Gasteiger partial charge in [0.2, 0.25) is 17.5 Å². The fourth-order valence-electron chi connectivity index (χ4n) is 2.02. The smallest absolute Gasteiger partial charge is 1.00 e. The fraction of sp³-hybridized carbons (Fsp3) is 0.107. The molecule has 0 amide bonds. The largest absolute Gasteiger partial charge is 1.00 e. The van der Waals surface area contributed by atoms with Crippen LogP contribution in [0, 0.1) is 34.9 Å². The number of rotatable bonds is 8. The second-order valence-electron chi connectivity index (χ2n) is 6.67. The maximum Gasteiger partial charge on any atom is 1.00 e. The zero-order chi connectivity index (χ0) is 32.5. The van der Waals surface area contributed by atoms with E-state index in [0.717, 1.165) is 35.7 Å². The number of benzene rings is 3. The molecule has 44 heavy (non-hydrogen) atoms. The van der Waals surface area contributed by atoms with Crippen LogP contribution in [0.5, 0.6) is 23.0 Å². The molecule has 0 aromatic heterocycles. The van der Waals surface area contributed by atoms with E-state index in [1.165, 1.54) is 30.4 Å². The van der Waals surface area contributed by atoms with Crippen LogP contribution in [0.15, 0.2) is 86.5 Å². The molecule has 2 N–H and O–H groups in total. The molecule has 0 radical (unpaired) electrons. The molecule has 0 heterocycles. The molecule has 0 saturated heterocycles. The molecule has 0 aliphatic heterocycles. The molecule has 0 spiro atoms. The fourth-order valence-corrected chi connectivity index (χ4v) is 2.02. The van der Waals surface area contributed by atoms with Crippen molar-refractivity contribution in [3.63, 3.8) is 0 Å². The Bertz CT molecular complexity index is 1240. The summed E-state index contributed by atoms with van der Waals surface area (Å²) in [5.74, 6) is -8.31. The maximum absolute atomic E-state index is 12.9. The van der Waals surface area contributed by atoms with Gasteiger partial charge < -0.3 is 31.3 Å². The molecule has 0 bridgehead atoms. The van der Waals surface area contributed by atoms with Gasteiger partial charge in [-0.25, -0.2) is 8.78 Å². The van der Waals surface area contributed by atoms with Gasteiger partial charge in [-0.15, -0.1) is 6.58 Å². The molecule has 0 atom stereocenters. The number of phenolic OH excluding ortho intramolecular Hbond substituents is 2. The Morgan fingerprint density at radius 2 is 1.11 bits per heavy atom. The number of ether oxygens (including phenoxy) is 2. The van der Waals surface area contributed by atoms with Gasteiger partial charge in [-0.2, -0.15) is 17.6 Å². The van der Waals surface area contributed by atoms with Crippen molar-refractivity contribution in [1.29, 1.82) is 0 Å². The first-order valence-electron chi connectivity index (χ1n) is 11.1. The van der Waals surface area contributed by atoms with Gasteiger partial charge in [0.15, 0.2) is 40.4 Å². The van der Waals surface area contributed by atoms with Crippen LogP contribution in [-0.2, 0) is 9.68 Å². The van der Waals surface area contributed by atoms with E-state index in [9.17, 15) is 26.3 Å². The third kappa shape index (κ3) is 22.4. The maximum atomic E-state index is 12.9. The van der Waals surface area contributed by atoms with Crippen LogP contribution in [0.25, 0.3) is 0 Å². The molecule has 0 aliphatic carbocycles. The molecule has 3 aromatic carbocycles. The normalized spacial score (nSPS) is 8.45. The Morgan fingerprint density at radius 3 is 1.50 bits per heavy atom. The summed E-state index contributed by atoms with van der Waals surface area (Å²) < 4.78 is 84.7. The predicted octanol–water partition coefficient (Wildman–Crippen LogP) is 0.558. The minimum Gasteiger partial charge on any atom is -1.00 e. The molecule has 232 valence electrons. The van der Waals surface area contributed by atoms with E-state index in [0.29, 0.717) is 0 Å². The van der Waals surface area contributed by atoms with Crippen molar-refractivity contribution >= 4 is 22.4 Å². The van der Waals surface area contributed by atoms with Crippen LogP contribution in [0.3, 0.4) is 0 Å². The molecule has 0 saturated carbocycles. The van der Waals surface area contributed by atoms with Crippen LogP contribution in [0.2, 0.25) is 0 Å². The first kappa shape index (κ1) is 49.7. The summed E-state index contributed by atoms with van der Waals surface area (Å²) >= 11 is 3.13. The van der Waals surface area contributed by atoms with E-state index in [1.54, 1.807) is 6.08 Å². The number of hydrogen-bond acceptors (Lipinski definition) is 7. The number of halogens is 7. The number of hydrogen-bond donors (Lipinski definition) is 2. The molecule has 0 fully saturated rings. The first-order chi connectivity index (χ1) is 20.0. The number of alkyl halides is 1. The second kappa shape index (κ2) is 31.8. The topological polar surface area (TPSA) is 108 Å². The molecule has 0 aliphatic rings. The van der Waals surface area contributed by atoms with Gasteiger partial charge >= 0.3 is 103 Å². The summed E-state index contributed by atoms with van der Waals surface area (Å²) in [4.78, 5) is 11.2. The summed E-state index contributed by atoms with van der Waals surface area (Å²) in [6, 6.07) is 9.21. The van der Waals surface area contributed by atoms with Crippen LogP contribution < -0.4 is 118 Å². The summed E-state index contributed by atoms with van der Waals surface area (Å²) in [7, 11) is 0. The molecule has 3 aromatic rings. The van der Waals surface area contributed by atoms with Gasteiger partial charge in [-0.1, -0.05) is 59.4 Å². The number of carbonyl (C=O) groups excluding carboxylic acids is 1. The van der Waals surface area contributed by atoms with Crippen molar-refractivity contribution in [3.05, 3.63) is 121 Å². The van der Waals surface area contributed by atoms with Crippen LogP contribution in [-0.4, -0.2) is 35.2 Å². The average molecular weight is 748 g/mol. The van der Waals surface area contributed by atoms with Crippen molar-refractivity contribution < 1.29 is 165 Å².